The van der Waals surface area contributed by atoms with Crippen molar-refractivity contribution in [3.63, 3.8) is 0 Å². The second-order valence-electron chi connectivity index (χ2n) is 8.82. The summed E-state index contributed by atoms with van der Waals surface area (Å²) in [5, 5.41) is 0. The van der Waals surface area contributed by atoms with Gasteiger partial charge in [0.05, 0.1) is 12.7 Å². The summed E-state index contributed by atoms with van der Waals surface area (Å²) in [5.41, 5.74) is 2.27. The average molecular weight is 355 g/mol. The Balaban J connectivity index is 1.67. The number of nitrogens with zero attached hydrogens (tertiary/aromatic N) is 1. The first kappa shape index (κ1) is 16.8. The summed E-state index contributed by atoms with van der Waals surface area (Å²) in [7, 11) is 3.60. The van der Waals surface area contributed by atoms with Crippen LogP contribution in [-0.4, -0.2) is 49.6 Å². The Bertz CT molecular complexity index is 743. The Hall–Kier alpha value is -1.39. The topological polar surface area (TPSA) is 38.8 Å². The van der Waals surface area contributed by atoms with Crippen molar-refractivity contribution in [1.29, 1.82) is 0 Å². The third kappa shape index (κ3) is 2.18. The van der Waals surface area contributed by atoms with Gasteiger partial charge in [0.15, 0.2) is 0 Å². The summed E-state index contributed by atoms with van der Waals surface area (Å²) in [6.45, 7) is 2.28. The molecule has 3 aliphatic carbocycles. The van der Waals surface area contributed by atoms with Gasteiger partial charge in [0.2, 0.25) is 0 Å². The summed E-state index contributed by atoms with van der Waals surface area (Å²) in [5.74, 6) is 2.15. The van der Waals surface area contributed by atoms with Gasteiger partial charge in [0.1, 0.15) is 11.5 Å². The van der Waals surface area contributed by atoms with E-state index in [1.54, 1.807) is 7.11 Å². The van der Waals surface area contributed by atoms with E-state index in [9.17, 15) is 4.79 Å². The predicted molar refractivity (Wildman–Crippen MR) is 99.7 cm³/mol. The van der Waals surface area contributed by atoms with Crippen molar-refractivity contribution in [2.24, 2.45) is 5.92 Å². The molecule has 0 amide bonds. The van der Waals surface area contributed by atoms with E-state index >= 15 is 0 Å². The summed E-state index contributed by atoms with van der Waals surface area (Å²) in [6.07, 6.45) is 6.91. The lowest BCUT2D eigenvalue weighted by Crippen LogP contribution is -2.74. The number of fused-ring (bicyclic) bond motifs is 1. The lowest BCUT2D eigenvalue weighted by molar-refractivity contribution is -0.187. The number of piperidine rings is 1. The Morgan fingerprint density at radius 1 is 1.23 bits per heavy atom. The maximum atomic E-state index is 12.6. The summed E-state index contributed by atoms with van der Waals surface area (Å²) in [6, 6.07) is 6.87. The molecule has 4 heteroatoms. The van der Waals surface area contributed by atoms with Gasteiger partial charge in [-0.05, 0) is 67.8 Å². The molecule has 4 nitrogen and oxygen atoms in total. The third-order valence-electron chi connectivity index (χ3n) is 7.69. The lowest BCUT2D eigenvalue weighted by atomic mass is 9.49. The van der Waals surface area contributed by atoms with Gasteiger partial charge < -0.3 is 9.47 Å². The fraction of sp³-hybridized carbons (Fsp3) is 0.682. The minimum atomic E-state index is -0.243. The number of ketones is 1. The van der Waals surface area contributed by atoms with Crippen LogP contribution in [0.1, 0.15) is 49.7 Å². The van der Waals surface area contributed by atoms with Crippen molar-refractivity contribution in [2.45, 2.75) is 62.0 Å². The number of hydrogen-bond donors (Lipinski definition) is 0. The molecular weight excluding hydrogens is 326 g/mol. The highest BCUT2D eigenvalue weighted by Crippen LogP contribution is 2.59. The molecule has 2 saturated carbocycles. The van der Waals surface area contributed by atoms with E-state index in [1.807, 2.05) is 7.11 Å². The lowest BCUT2D eigenvalue weighted by Gasteiger charge is -2.65. The number of methoxy groups -OCH3 is 2. The molecule has 1 heterocycles. The minimum absolute atomic E-state index is 0.191. The van der Waals surface area contributed by atoms with Gasteiger partial charge in [-0.1, -0.05) is 6.07 Å². The van der Waals surface area contributed by atoms with Crippen LogP contribution in [0.3, 0.4) is 0 Å². The van der Waals surface area contributed by atoms with Crippen molar-refractivity contribution >= 4 is 5.78 Å². The largest absolute Gasteiger partial charge is 0.497 e. The van der Waals surface area contributed by atoms with Crippen LogP contribution < -0.4 is 4.74 Å². The molecule has 4 aliphatic rings. The van der Waals surface area contributed by atoms with E-state index in [0.717, 1.165) is 37.5 Å². The van der Waals surface area contributed by atoms with Crippen molar-refractivity contribution in [3.8, 4) is 5.75 Å². The first-order chi connectivity index (χ1) is 12.6. The smallest absolute Gasteiger partial charge is 0.134 e. The first-order valence-corrected chi connectivity index (χ1v) is 10.1. The van der Waals surface area contributed by atoms with E-state index in [2.05, 4.69) is 23.1 Å². The maximum absolute atomic E-state index is 12.6. The van der Waals surface area contributed by atoms with Crippen LogP contribution in [0, 0.1) is 5.92 Å². The van der Waals surface area contributed by atoms with Gasteiger partial charge in [0.25, 0.3) is 0 Å². The summed E-state index contributed by atoms with van der Waals surface area (Å²) < 4.78 is 12.0. The molecule has 1 aromatic carbocycles. The Morgan fingerprint density at radius 2 is 2.08 bits per heavy atom. The van der Waals surface area contributed by atoms with Crippen molar-refractivity contribution in [2.75, 3.05) is 27.3 Å². The first-order valence-electron chi connectivity index (χ1n) is 10.1. The molecule has 0 unspecified atom stereocenters. The zero-order valence-corrected chi connectivity index (χ0v) is 15.9. The molecule has 3 atom stereocenters. The van der Waals surface area contributed by atoms with E-state index in [4.69, 9.17) is 9.47 Å². The highest BCUT2D eigenvalue weighted by atomic mass is 16.5. The molecule has 1 aromatic rings. The molecule has 1 aliphatic heterocycles. The van der Waals surface area contributed by atoms with Crippen LogP contribution in [0.5, 0.6) is 5.75 Å². The van der Waals surface area contributed by atoms with Crippen LogP contribution >= 0.6 is 0 Å². The molecule has 0 N–H and O–H groups in total. The van der Waals surface area contributed by atoms with Crippen LogP contribution in [-0.2, 0) is 21.4 Å². The van der Waals surface area contributed by atoms with E-state index in [0.29, 0.717) is 24.7 Å². The molecule has 5 rings (SSSR count). The Labute approximate surface area is 155 Å². The number of benzene rings is 1. The Morgan fingerprint density at radius 3 is 2.81 bits per heavy atom. The highest BCUT2D eigenvalue weighted by Gasteiger charge is 2.66. The third-order valence-corrected chi connectivity index (χ3v) is 7.69. The minimum Gasteiger partial charge on any atom is -0.497 e. The SMILES string of the molecule is COc1ccc2c(c1)[C@]13CCN(CC4CC4)[C@H](C2)[C@]1(OC)CCC(=O)C3. The molecule has 140 valence electrons. The standard InChI is InChI=1S/C22H29NO3/c1-25-18-6-5-16-11-20-22(26-2)8-7-17(24)13-21(22,19(16)12-18)9-10-23(20)14-15-3-4-15/h5-6,12,15,20H,3-4,7-11,13-14H2,1-2H3/t20-,21-,22-/m1/s1. The van der Waals surface area contributed by atoms with Gasteiger partial charge in [0, 0.05) is 38.0 Å². The molecule has 0 radical (unpaired) electrons. The zero-order valence-electron chi connectivity index (χ0n) is 15.9. The normalized spacial score (nSPS) is 36.4. The van der Waals surface area contributed by atoms with E-state index in [-0.39, 0.29) is 11.0 Å². The number of rotatable bonds is 4. The number of ether oxygens (including phenoxy) is 2. The summed E-state index contributed by atoms with van der Waals surface area (Å²) >= 11 is 0. The summed E-state index contributed by atoms with van der Waals surface area (Å²) in [4.78, 5) is 15.3. The van der Waals surface area contributed by atoms with Gasteiger partial charge in [-0.2, -0.15) is 0 Å². The van der Waals surface area contributed by atoms with Gasteiger partial charge in [-0.25, -0.2) is 0 Å². The zero-order chi connectivity index (χ0) is 17.9. The fourth-order valence-corrected chi connectivity index (χ4v) is 6.26. The molecule has 2 bridgehead atoms. The molecular formula is C22H29NO3. The quantitative estimate of drug-likeness (QED) is 0.832. The monoisotopic (exact) mass is 355 g/mol. The number of carbonyl (C=O) groups is 1. The van der Waals surface area contributed by atoms with Gasteiger partial charge in [-0.3, -0.25) is 9.69 Å². The Kier molecular flexibility index (Phi) is 3.74. The van der Waals surface area contributed by atoms with Crippen molar-refractivity contribution in [3.05, 3.63) is 29.3 Å². The molecule has 1 saturated heterocycles. The van der Waals surface area contributed by atoms with Crippen molar-refractivity contribution in [1.82, 2.24) is 4.90 Å². The second kappa shape index (κ2) is 5.80. The predicted octanol–water partition coefficient (Wildman–Crippen LogP) is 3.11. The average Bonchev–Trinajstić information content (AvgIpc) is 3.47. The number of hydrogen-bond acceptors (Lipinski definition) is 4. The van der Waals surface area contributed by atoms with Crippen LogP contribution in [0.15, 0.2) is 18.2 Å². The van der Waals surface area contributed by atoms with Crippen molar-refractivity contribution < 1.29 is 14.3 Å². The van der Waals surface area contributed by atoms with Gasteiger partial charge >= 0.3 is 0 Å². The maximum Gasteiger partial charge on any atom is 0.134 e. The number of carbonyl (C=O) groups excluding carboxylic acids is 1. The van der Waals surface area contributed by atoms with Crippen LogP contribution in [0.4, 0.5) is 0 Å². The second-order valence-corrected chi connectivity index (χ2v) is 8.82. The van der Waals surface area contributed by atoms with Crippen LogP contribution in [0.25, 0.3) is 0 Å². The molecule has 0 spiro atoms. The molecule has 26 heavy (non-hydrogen) atoms. The fourth-order valence-electron chi connectivity index (χ4n) is 6.26. The number of likely N-dealkylation sites (tertiary alicyclic amines) is 1. The van der Waals surface area contributed by atoms with E-state index in [1.165, 1.54) is 30.5 Å². The highest BCUT2D eigenvalue weighted by molar-refractivity contribution is 5.82. The van der Waals surface area contributed by atoms with Gasteiger partial charge in [-0.15, -0.1) is 0 Å². The molecule has 0 aromatic heterocycles. The molecule has 3 fully saturated rings. The number of Topliss-reactive ketones (excluding diaryl/α,β-unsaturated/α-hetero) is 1. The van der Waals surface area contributed by atoms with Crippen LogP contribution in [0.2, 0.25) is 0 Å². The van der Waals surface area contributed by atoms with E-state index < -0.39 is 0 Å².